The summed E-state index contributed by atoms with van der Waals surface area (Å²) in [6.45, 7) is 0.332. The third kappa shape index (κ3) is 4.45. The van der Waals surface area contributed by atoms with Gasteiger partial charge in [-0.1, -0.05) is 12.1 Å². The van der Waals surface area contributed by atoms with Crippen LogP contribution < -0.4 is 5.32 Å². The van der Waals surface area contributed by atoms with Crippen LogP contribution in [0.4, 0.5) is 0 Å². The largest absolute Gasteiger partial charge is 0.508 e. The van der Waals surface area contributed by atoms with Gasteiger partial charge in [-0.25, -0.2) is 0 Å². The summed E-state index contributed by atoms with van der Waals surface area (Å²) in [6.07, 6.45) is -0.186. The SMILES string of the molecule is O=C(O)CCC(=O)NCc1ccc(O)cc1. The molecule has 0 bridgehead atoms. The van der Waals surface area contributed by atoms with E-state index in [4.69, 9.17) is 10.2 Å². The van der Waals surface area contributed by atoms with Gasteiger partial charge in [-0.05, 0) is 17.7 Å². The molecule has 0 fully saturated rings. The number of phenolic OH excluding ortho intramolecular Hbond substituents is 1. The van der Waals surface area contributed by atoms with Crippen LogP contribution in [0.3, 0.4) is 0 Å². The van der Waals surface area contributed by atoms with Crippen molar-refractivity contribution in [1.82, 2.24) is 5.32 Å². The smallest absolute Gasteiger partial charge is 0.303 e. The van der Waals surface area contributed by atoms with Crippen LogP contribution in [0, 0.1) is 0 Å². The zero-order valence-electron chi connectivity index (χ0n) is 8.64. The van der Waals surface area contributed by atoms with Gasteiger partial charge in [-0.15, -0.1) is 0 Å². The van der Waals surface area contributed by atoms with Crippen LogP contribution in [0.1, 0.15) is 18.4 Å². The highest BCUT2D eigenvalue weighted by atomic mass is 16.4. The number of nitrogens with one attached hydrogen (secondary N) is 1. The molecule has 0 radical (unpaired) electrons. The summed E-state index contributed by atoms with van der Waals surface area (Å²) >= 11 is 0. The van der Waals surface area contributed by atoms with Crippen molar-refractivity contribution in [2.75, 3.05) is 0 Å². The van der Waals surface area contributed by atoms with Crippen molar-refractivity contribution in [3.63, 3.8) is 0 Å². The normalized spacial score (nSPS) is 9.75. The number of aromatic hydroxyl groups is 1. The van der Waals surface area contributed by atoms with E-state index in [1.165, 1.54) is 12.1 Å². The highest BCUT2D eigenvalue weighted by molar-refractivity contribution is 5.80. The maximum Gasteiger partial charge on any atom is 0.303 e. The summed E-state index contributed by atoms with van der Waals surface area (Å²) in [5, 5.41) is 20.0. The van der Waals surface area contributed by atoms with Crippen LogP contribution in [0.25, 0.3) is 0 Å². The van der Waals surface area contributed by atoms with Gasteiger partial charge in [0.25, 0.3) is 0 Å². The summed E-state index contributed by atoms with van der Waals surface area (Å²) < 4.78 is 0. The quantitative estimate of drug-likeness (QED) is 0.691. The first-order valence-corrected chi connectivity index (χ1v) is 4.84. The first kappa shape index (κ1) is 12.0. The lowest BCUT2D eigenvalue weighted by Crippen LogP contribution is -2.23. The molecule has 5 nitrogen and oxygen atoms in total. The summed E-state index contributed by atoms with van der Waals surface area (Å²) in [5.74, 6) is -1.11. The van der Waals surface area contributed by atoms with E-state index in [2.05, 4.69) is 5.32 Å². The van der Waals surface area contributed by atoms with Gasteiger partial charge in [-0.2, -0.15) is 0 Å². The van der Waals surface area contributed by atoms with Crippen molar-refractivity contribution >= 4 is 11.9 Å². The van der Waals surface area contributed by atoms with E-state index < -0.39 is 5.97 Å². The predicted octanol–water partition coefficient (Wildman–Crippen LogP) is 0.873. The molecule has 1 aromatic rings. The maximum absolute atomic E-state index is 11.2. The number of phenols is 1. The fourth-order valence-electron chi connectivity index (χ4n) is 1.12. The summed E-state index contributed by atoms with van der Waals surface area (Å²) in [6, 6.07) is 6.43. The molecule has 1 rings (SSSR count). The van der Waals surface area contributed by atoms with E-state index in [1.54, 1.807) is 12.1 Å². The minimum atomic E-state index is -0.986. The number of rotatable bonds is 5. The number of hydrogen-bond acceptors (Lipinski definition) is 3. The molecular weight excluding hydrogens is 210 g/mol. The van der Waals surface area contributed by atoms with Gasteiger partial charge in [0.2, 0.25) is 5.91 Å². The molecule has 3 N–H and O–H groups in total. The Kier molecular flexibility index (Phi) is 4.32. The number of carboxylic acid groups (broad SMARTS) is 1. The zero-order valence-corrected chi connectivity index (χ0v) is 8.64. The van der Waals surface area contributed by atoms with Crippen LogP contribution in [-0.2, 0) is 16.1 Å². The Morgan fingerprint density at radius 1 is 1.12 bits per heavy atom. The second-order valence-corrected chi connectivity index (χ2v) is 3.34. The van der Waals surface area contributed by atoms with Gasteiger partial charge in [0, 0.05) is 13.0 Å². The number of carboxylic acids is 1. The number of hydrogen-bond donors (Lipinski definition) is 3. The molecule has 5 heteroatoms. The van der Waals surface area contributed by atoms with E-state index >= 15 is 0 Å². The first-order valence-electron chi connectivity index (χ1n) is 4.84. The Hall–Kier alpha value is -2.04. The van der Waals surface area contributed by atoms with E-state index in [-0.39, 0.29) is 24.5 Å². The lowest BCUT2D eigenvalue weighted by molar-refractivity contribution is -0.138. The van der Waals surface area contributed by atoms with Crippen molar-refractivity contribution < 1.29 is 19.8 Å². The Labute approximate surface area is 92.7 Å². The molecule has 0 aliphatic carbocycles. The lowest BCUT2D eigenvalue weighted by Gasteiger charge is -2.04. The number of carbonyl (C=O) groups is 2. The predicted molar refractivity (Wildman–Crippen MR) is 56.8 cm³/mol. The van der Waals surface area contributed by atoms with Crippen LogP contribution in [0.5, 0.6) is 5.75 Å². The summed E-state index contributed by atoms with van der Waals surface area (Å²) in [5.41, 5.74) is 0.849. The van der Waals surface area contributed by atoms with E-state index in [0.29, 0.717) is 6.54 Å². The summed E-state index contributed by atoms with van der Waals surface area (Å²) in [7, 11) is 0. The van der Waals surface area contributed by atoms with Crippen molar-refractivity contribution in [2.24, 2.45) is 0 Å². The highest BCUT2D eigenvalue weighted by Crippen LogP contribution is 2.09. The molecule has 0 unspecified atom stereocenters. The summed E-state index contributed by atoms with van der Waals surface area (Å²) in [4.78, 5) is 21.4. The topological polar surface area (TPSA) is 86.6 Å². The molecule has 86 valence electrons. The fourth-order valence-corrected chi connectivity index (χ4v) is 1.12. The molecule has 0 aromatic heterocycles. The maximum atomic E-state index is 11.2. The van der Waals surface area contributed by atoms with Crippen LogP contribution in [-0.4, -0.2) is 22.1 Å². The molecule has 0 saturated heterocycles. The van der Waals surface area contributed by atoms with Crippen LogP contribution in [0.15, 0.2) is 24.3 Å². The molecule has 0 atom stereocenters. The van der Waals surface area contributed by atoms with Gasteiger partial charge in [0.1, 0.15) is 5.75 Å². The second-order valence-electron chi connectivity index (χ2n) is 3.34. The first-order chi connectivity index (χ1) is 7.58. The van der Waals surface area contributed by atoms with Crippen molar-refractivity contribution in [3.05, 3.63) is 29.8 Å². The Morgan fingerprint density at radius 3 is 2.31 bits per heavy atom. The molecule has 0 heterocycles. The molecule has 0 spiro atoms. The number of benzene rings is 1. The highest BCUT2D eigenvalue weighted by Gasteiger charge is 2.04. The number of amides is 1. The fraction of sp³-hybridized carbons (Fsp3) is 0.273. The molecule has 0 saturated carbocycles. The third-order valence-corrected chi connectivity index (χ3v) is 1.99. The molecular formula is C11H13NO4. The second kappa shape index (κ2) is 5.75. The molecule has 1 amide bonds. The van der Waals surface area contributed by atoms with Gasteiger partial charge in [0.05, 0.1) is 6.42 Å². The zero-order chi connectivity index (χ0) is 12.0. The van der Waals surface area contributed by atoms with Crippen molar-refractivity contribution in [1.29, 1.82) is 0 Å². The lowest BCUT2D eigenvalue weighted by atomic mass is 10.2. The average Bonchev–Trinajstić information content (AvgIpc) is 2.25. The minimum Gasteiger partial charge on any atom is -0.508 e. The van der Waals surface area contributed by atoms with Crippen LogP contribution in [0.2, 0.25) is 0 Å². The number of aliphatic carboxylic acids is 1. The van der Waals surface area contributed by atoms with Crippen LogP contribution >= 0.6 is 0 Å². The van der Waals surface area contributed by atoms with Gasteiger partial charge >= 0.3 is 5.97 Å². The minimum absolute atomic E-state index is 0.0204. The molecule has 0 aliphatic heterocycles. The van der Waals surface area contributed by atoms with Crippen molar-refractivity contribution in [2.45, 2.75) is 19.4 Å². The van der Waals surface area contributed by atoms with E-state index in [9.17, 15) is 9.59 Å². The molecule has 0 aliphatic rings. The van der Waals surface area contributed by atoms with Crippen molar-refractivity contribution in [3.8, 4) is 5.75 Å². The molecule has 1 aromatic carbocycles. The Bertz CT molecular complexity index is 372. The monoisotopic (exact) mass is 223 g/mol. The Morgan fingerprint density at radius 2 is 1.75 bits per heavy atom. The standard InChI is InChI=1S/C11H13NO4/c13-9-3-1-8(2-4-9)7-12-10(14)5-6-11(15)16/h1-4,13H,5-7H2,(H,12,14)(H,15,16). The van der Waals surface area contributed by atoms with E-state index in [1.807, 2.05) is 0 Å². The Balaban J connectivity index is 2.31. The van der Waals surface area contributed by atoms with Gasteiger partial charge in [0.15, 0.2) is 0 Å². The van der Waals surface area contributed by atoms with Gasteiger partial charge < -0.3 is 15.5 Å². The van der Waals surface area contributed by atoms with Gasteiger partial charge in [-0.3, -0.25) is 9.59 Å². The number of carbonyl (C=O) groups excluding carboxylic acids is 1. The molecule has 16 heavy (non-hydrogen) atoms. The van der Waals surface area contributed by atoms with E-state index in [0.717, 1.165) is 5.56 Å². The average molecular weight is 223 g/mol. The third-order valence-electron chi connectivity index (χ3n) is 1.99.